The molecule has 0 bridgehead atoms. The summed E-state index contributed by atoms with van der Waals surface area (Å²) in [6.07, 6.45) is 0.737. The number of ether oxygens (including phenoxy) is 5. The molecule has 0 saturated carbocycles. The van der Waals surface area contributed by atoms with E-state index < -0.39 is 5.97 Å². The Bertz CT molecular complexity index is 741. The van der Waals surface area contributed by atoms with Gasteiger partial charge in [-0.05, 0) is 36.4 Å². The van der Waals surface area contributed by atoms with Crippen LogP contribution in [0.5, 0.6) is 23.0 Å². The molecule has 7 nitrogen and oxygen atoms in total. The molecule has 0 N–H and O–H groups in total. The molecule has 2 aromatic carbocycles. The molecular formula is C19H22O7. The molecule has 0 aromatic heterocycles. The fourth-order valence-electron chi connectivity index (χ4n) is 2.02. The Labute approximate surface area is 152 Å². The van der Waals surface area contributed by atoms with Gasteiger partial charge >= 0.3 is 5.97 Å². The lowest BCUT2D eigenvalue weighted by Gasteiger charge is -2.08. The quantitative estimate of drug-likeness (QED) is 0.577. The molecule has 0 aliphatic heterocycles. The molecule has 0 aliphatic carbocycles. The minimum Gasteiger partial charge on any atom is -0.497 e. The van der Waals surface area contributed by atoms with Gasteiger partial charge in [-0.3, -0.25) is 4.79 Å². The fraction of sp³-hybridized carbons (Fsp3) is 0.263. The highest BCUT2D eigenvalue weighted by Crippen LogP contribution is 2.24. The molecule has 2 rings (SSSR count). The van der Waals surface area contributed by atoms with Gasteiger partial charge in [0.1, 0.15) is 28.6 Å². The van der Waals surface area contributed by atoms with Crippen molar-refractivity contribution < 1.29 is 33.3 Å². The fourth-order valence-corrected chi connectivity index (χ4v) is 2.02. The summed E-state index contributed by atoms with van der Waals surface area (Å²) in [5.74, 6) is 1.83. The SMILES string of the molecule is COC(=O)c1cc(OC)ccc1OC.COc1ccc(OC)c(C=O)c1. The number of carbonyl (C=O) groups is 2. The number of methoxy groups -OCH3 is 5. The van der Waals surface area contributed by atoms with Crippen LogP contribution in [0.2, 0.25) is 0 Å². The van der Waals surface area contributed by atoms with E-state index in [0.29, 0.717) is 34.1 Å². The van der Waals surface area contributed by atoms with Crippen molar-refractivity contribution in [2.24, 2.45) is 0 Å². The predicted octanol–water partition coefficient (Wildman–Crippen LogP) is 3.01. The van der Waals surface area contributed by atoms with Crippen molar-refractivity contribution in [3.63, 3.8) is 0 Å². The first-order valence-electron chi connectivity index (χ1n) is 7.52. The molecule has 0 aliphatic rings. The number of rotatable bonds is 6. The van der Waals surface area contributed by atoms with Crippen molar-refractivity contribution >= 4 is 12.3 Å². The van der Waals surface area contributed by atoms with Crippen LogP contribution < -0.4 is 18.9 Å². The maximum absolute atomic E-state index is 11.3. The lowest BCUT2D eigenvalue weighted by atomic mass is 10.2. The average molecular weight is 362 g/mol. The van der Waals surface area contributed by atoms with Crippen molar-refractivity contribution in [1.29, 1.82) is 0 Å². The van der Waals surface area contributed by atoms with Crippen LogP contribution in [0.15, 0.2) is 36.4 Å². The number of hydrogen-bond acceptors (Lipinski definition) is 7. The molecule has 2 aromatic rings. The maximum Gasteiger partial charge on any atom is 0.341 e. The van der Waals surface area contributed by atoms with E-state index in [0.717, 1.165) is 6.29 Å². The van der Waals surface area contributed by atoms with E-state index in [9.17, 15) is 9.59 Å². The third-order valence-corrected chi connectivity index (χ3v) is 3.38. The van der Waals surface area contributed by atoms with Gasteiger partial charge in [-0.25, -0.2) is 4.79 Å². The first-order valence-corrected chi connectivity index (χ1v) is 7.52. The molecule has 0 unspecified atom stereocenters. The molecular weight excluding hydrogens is 340 g/mol. The zero-order chi connectivity index (χ0) is 19.5. The zero-order valence-electron chi connectivity index (χ0n) is 15.4. The Hall–Kier alpha value is -3.22. The first kappa shape index (κ1) is 20.8. The van der Waals surface area contributed by atoms with E-state index in [4.69, 9.17) is 18.9 Å². The number of hydrogen-bond donors (Lipinski definition) is 0. The third-order valence-electron chi connectivity index (χ3n) is 3.38. The Morgan fingerprint density at radius 1 is 0.769 bits per heavy atom. The number of carbonyl (C=O) groups excluding carboxylic acids is 2. The summed E-state index contributed by atoms with van der Waals surface area (Å²) < 4.78 is 24.5. The summed E-state index contributed by atoms with van der Waals surface area (Å²) in [6, 6.07) is 10.0. The van der Waals surface area contributed by atoms with Crippen LogP contribution in [-0.2, 0) is 4.74 Å². The standard InChI is InChI=1S/C10H12O4.C9H10O3/c1-12-7-4-5-9(13-2)8(6-7)10(11)14-3;1-11-8-3-4-9(12-2)7(5-8)6-10/h4-6H,1-3H3;3-6H,1-2H3. The van der Waals surface area contributed by atoms with E-state index >= 15 is 0 Å². The second-order valence-electron chi connectivity index (χ2n) is 4.78. The Morgan fingerprint density at radius 3 is 1.77 bits per heavy atom. The molecule has 0 heterocycles. The smallest absolute Gasteiger partial charge is 0.341 e. The minimum absolute atomic E-state index is 0.356. The number of aldehydes is 1. The molecule has 26 heavy (non-hydrogen) atoms. The summed E-state index contributed by atoms with van der Waals surface area (Å²) in [4.78, 5) is 21.8. The van der Waals surface area contributed by atoms with Gasteiger partial charge in [-0.1, -0.05) is 0 Å². The van der Waals surface area contributed by atoms with Gasteiger partial charge in [0.15, 0.2) is 6.29 Å². The maximum atomic E-state index is 11.3. The van der Waals surface area contributed by atoms with E-state index in [1.807, 2.05) is 0 Å². The molecule has 0 radical (unpaired) electrons. The van der Waals surface area contributed by atoms with Crippen molar-refractivity contribution in [2.75, 3.05) is 35.5 Å². The second-order valence-corrected chi connectivity index (χ2v) is 4.78. The van der Waals surface area contributed by atoms with Crippen molar-refractivity contribution in [2.45, 2.75) is 0 Å². The van der Waals surface area contributed by atoms with Crippen molar-refractivity contribution in [3.8, 4) is 23.0 Å². The number of esters is 1. The molecule has 0 fully saturated rings. The second kappa shape index (κ2) is 10.6. The van der Waals surface area contributed by atoms with E-state index in [2.05, 4.69) is 4.74 Å². The van der Waals surface area contributed by atoms with Crippen LogP contribution in [0.3, 0.4) is 0 Å². The zero-order valence-corrected chi connectivity index (χ0v) is 15.4. The summed E-state index contributed by atoms with van der Waals surface area (Å²) >= 11 is 0. The van der Waals surface area contributed by atoms with Gasteiger partial charge in [0.25, 0.3) is 0 Å². The molecule has 0 atom stereocenters. The van der Waals surface area contributed by atoms with E-state index in [1.165, 1.54) is 28.4 Å². The van der Waals surface area contributed by atoms with Crippen molar-refractivity contribution in [3.05, 3.63) is 47.5 Å². The molecule has 140 valence electrons. The monoisotopic (exact) mass is 362 g/mol. The Morgan fingerprint density at radius 2 is 1.31 bits per heavy atom. The van der Waals surface area contributed by atoms with Crippen LogP contribution in [0.4, 0.5) is 0 Å². The highest BCUT2D eigenvalue weighted by atomic mass is 16.5. The summed E-state index contributed by atoms with van der Waals surface area (Å²) in [7, 11) is 7.42. The van der Waals surface area contributed by atoms with Gasteiger partial charge < -0.3 is 23.7 Å². The van der Waals surface area contributed by atoms with Crippen LogP contribution >= 0.6 is 0 Å². The van der Waals surface area contributed by atoms with Gasteiger partial charge in [-0.15, -0.1) is 0 Å². The van der Waals surface area contributed by atoms with Gasteiger partial charge in [-0.2, -0.15) is 0 Å². The molecule has 7 heteroatoms. The minimum atomic E-state index is -0.444. The van der Waals surface area contributed by atoms with Crippen LogP contribution in [-0.4, -0.2) is 47.8 Å². The lowest BCUT2D eigenvalue weighted by Crippen LogP contribution is -2.04. The summed E-state index contributed by atoms with van der Waals surface area (Å²) in [5, 5.41) is 0. The Balaban J connectivity index is 0.000000263. The predicted molar refractivity (Wildman–Crippen MR) is 95.8 cm³/mol. The topological polar surface area (TPSA) is 80.3 Å². The van der Waals surface area contributed by atoms with Crippen LogP contribution in [0, 0.1) is 0 Å². The largest absolute Gasteiger partial charge is 0.497 e. The van der Waals surface area contributed by atoms with E-state index in [1.54, 1.807) is 43.5 Å². The first-order chi connectivity index (χ1) is 12.5. The van der Waals surface area contributed by atoms with Gasteiger partial charge in [0.2, 0.25) is 0 Å². The Kier molecular flexibility index (Phi) is 8.49. The van der Waals surface area contributed by atoms with Gasteiger partial charge in [0, 0.05) is 0 Å². The highest BCUT2D eigenvalue weighted by Gasteiger charge is 2.13. The summed E-state index contributed by atoms with van der Waals surface area (Å²) in [6.45, 7) is 0. The normalized spacial score (nSPS) is 9.27. The molecule has 0 saturated heterocycles. The van der Waals surface area contributed by atoms with E-state index in [-0.39, 0.29) is 0 Å². The third kappa shape index (κ3) is 5.41. The van der Waals surface area contributed by atoms with Crippen molar-refractivity contribution in [1.82, 2.24) is 0 Å². The summed E-state index contributed by atoms with van der Waals surface area (Å²) in [5.41, 5.74) is 0.853. The highest BCUT2D eigenvalue weighted by molar-refractivity contribution is 5.92. The number of benzene rings is 2. The van der Waals surface area contributed by atoms with Crippen LogP contribution in [0.25, 0.3) is 0 Å². The molecule has 0 spiro atoms. The van der Waals surface area contributed by atoms with Gasteiger partial charge in [0.05, 0.1) is 41.1 Å². The molecule has 0 amide bonds. The average Bonchev–Trinajstić information content (AvgIpc) is 2.72. The van der Waals surface area contributed by atoms with Crippen LogP contribution in [0.1, 0.15) is 20.7 Å². The lowest BCUT2D eigenvalue weighted by molar-refractivity contribution is 0.0596.